The number of aliphatic hydroxyl groups is 3. The van der Waals surface area contributed by atoms with Crippen LogP contribution in [-0.2, 0) is 12.6 Å². The standard InChI is InChI=1S/C16H22F3NO3/c17-16(18,19)12-6-3-5-11(8-12)4-1-2-7-20-9-14(22)15(23)13(20)10-21/h3,5-6,8,13-15,21-23H,1-2,4,7,9-10H2/t13-,14-,15-/m1/s1. The summed E-state index contributed by atoms with van der Waals surface area (Å²) in [5, 5.41) is 28.6. The molecule has 1 aromatic carbocycles. The Morgan fingerprint density at radius 3 is 2.57 bits per heavy atom. The number of nitrogens with zero attached hydrogens (tertiary/aromatic N) is 1. The van der Waals surface area contributed by atoms with Gasteiger partial charge in [-0.1, -0.05) is 18.2 Å². The van der Waals surface area contributed by atoms with Crippen LogP contribution in [0.5, 0.6) is 0 Å². The molecule has 1 fully saturated rings. The number of rotatable bonds is 6. The van der Waals surface area contributed by atoms with E-state index in [0.29, 0.717) is 37.9 Å². The molecule has 1 aliphatic rings. The fraction of sp³-hybridized carbons (Fsp3) is 0.625. The lowest BCUT2D eigenvalue weighted by molar-refractivity contribution is -0.137. The number of aryl methyl sites for hydroxylation is 1. The molecule has 0 aliphatic carbocycles. The predicted molar refractivity (Wildman–Crippen MR) is 78.8 cm³/mol. The summed E-state index contributed by atoms with van der Waals surface area (Å²) in [4.78, 5) is 1.82. The second kappa shape index (κ2) is 7.61. The quantitative estimate of drug-likeness (QED) is 0.689. The van der Waals surface area contributed by atoms with E-state index in [2.05, 4.69) is 0 Å². The molecule has 1 saturated heterocycles. The van der Waals surface area contributed by atoms with E-state index < -0.39 is 30.0 Å². The Balaban J connectivity index is 1.80. The first-order valence-corrected chi connectivity index (χ1v) is 7.70. The Bertz CT molecular complexity index is 510. The minimum atomic E-state index is -4.33. The third-order valence-electron chi connectivity index (χ3n) is 4.28. The number of halogens is 3. The molecule has 0 saturated carbocycles. The van der Waals surface area contributed by atoms with Crippen LogP contribution in [0.3, 0.4) is 0 Å². The zero-order valence-corrected chi connectivity index (χ0v) is 12.7. The van der Waals surface area contributed by atoms with Crippen molar-refractivity contribution >= 4 is 0 Å². The van der Waals surface area contributed by atoms with Crippen LogP contribution >= 0.6 is 0 Å². The maximum Gasteiger partial charge on any atom is 0.416 e. The first kappa shape index (κ1) is 18.2. The number of hydrogen-bond donors (Lipinski definition) is 3. The minimum Gasteiger partial charge on any atom is -0.395 e. The van der Waals surface area contributed by atoms with Crippen LogP contribution in [0.25, 0.3) is 0 Å². The van der Waals surface area contributed by atoms with E-state index in [0.717, 1.165) is 6.07 Å². The molecule has 0 amide bonds. The monoisotopic (exact) mass is 333 g/mol. The van der Waals surface area contributed by atoms with Crippen LogP contribution in [0.4, 0.5) is 13.2 Å². The van der Waals surface area contributed by atoms with Crippen molar-refractivity contribution in [2.75, 3.05) is 19.7 Å². The van der Waals surface area contributed by atoms with Gasteiger partial charge in [-0.25, -0.2) is 0 Å². The second-order valence-corrected chi connectivity index (χ2v) is 5.96. The number of alkyl halides is 3. The zero-order valence-electron chi connectivity index (χ0n) is 12.7. The molecule has 4 nitrogen and oxygen atoms in total. The van der Waals surface area contributed by atoms with Gasteiger partial charge < -0.3 is 15.3 Å². The van der Waals surface area contributed by atoms with Crippen molar-refractivity contribution < 1.29 is 28.5 Å². The zero-order chi connectivity index (χ0) is 17.0. The van der Waals surface area contributed by atoms with Crippen molar-refractivity contribution in [2.24, 2.45) is 0 Å². The molecule has 0 radical (unpaired) electrons. The van der Waals surface area contributed by atoms with Crippen molar-refractivity contribution in [3.8, 4) is 0 Å². The van der Waals surface area contributed by atoms with E-state index in [9.17, 15) is 28.5 Å². The molecule has 1 aliphatic heterocycles. The van der Waals surface area contributed by atoms with Gasteiger partial charge in [0.25, 0.3) is 0 Å². The Hall–Kier alpha value is -1.15. The van der Waals surface area contributed by atoms with Crippen molar-refractivity contribution in [3.63, 3.8) is 0 Å². The second-order valence-electron chi connectivity index (χ2n) is 5.96. The predicted octanol–water partition coefficient (Wildman–Crippen LogP) is 1.43. The van der Waals surface area contributed by atoms with Gasteiger partial charge in [-0.05, 0) is 37.4 Å². The highest BCUT2D eigenvalue weighted by atomic mass is 19.4. The van der Waals surface area contributed by atoms with E-state index in [1.54, 1.807) is 6.07 Å². The van der Waals surface area contributed by atoms with Crippen molar-refractivity contribution in [1.29, 1.82) is 0 Å². The van der Waals surface area contributed by atoms with Crippen LogP contribution in [0.2, 0.25) is 0 Å². The Kier molecular flexibility index (Phi) is 6.02. The average molecular weight is 333 g/mol. The Morgan fingerprint density at radius 1 is 1.17 bits per heavy atom. The molecule has 0 unspecified atom stereocenters. The topological polar surface area (TPSA) is 63.9 Å². The SMILES string of the molecule is OC[C@@H]1[C@@H](O)[C@H](O)CN1CCCCc1cccc(C(F)(F)F)c1. The van der Waals surface area contributed by atoms with Gasteiger partial charge in [0.05, 0.1) is 30.4 Å². The largest absolute Gasteiger partial charge is 0.416 e. The third kappa shape index (κ3) is 4.67. The van der Waals surface area contributed by atoms with Gasteiger partial charge in [0, 0.05) is 6.54 Å². The van der Waals surface area contributed by atoms with E-state index >= 15 is 0 Å². The minimum absolute atomic E-state index is 0.230. The maximum atomic E-state index is 12.6. The summed E-state index contributed by atoms with van der Waals surface area (Å²) in [6, 6.07) is 4.84. The molecule has 2 rings (SSSR count). The maximum absolute atomic E-state index is 12.6. The number of likely N-dealkylation sites (tertiary alicyclic amines) is 1. The van der Waals surface area contributed by atoms with Crippen molar-refractivity contribution in [3.05, 3.63) is 35.4 Å². The summed E-state index contributed by atoms with van der Waals surface area (Å²) in [6.45, 7) is 0.653. The molecule has 1 heterocycles. The number of β-amino-alcohol motifs (C(OH)–C–C–N with tert-alkyl or cyclic N) is 1. The highest BCUT2D eigenvalue weighted by molar-refractivity contribution is 5.25. The number of hydrogen-bond acceptors (Lipinski definition) is 4. The van der Waals surface area contributed by atoms with Gasteiger partial charge in [-0.2, -0.15) is 13.2 Å². The smallest absolute Gasteiger partial charge is 0.395 e. The first-order valence-electron chi connectivity index (χ1n) is 7.70. The average Bonchev–Trinajstić information content (AvgIpc) is 2.77. The molecule has 7 heteroatoms. The lowest BCUT2D eigenvalue weighted by atomic mass is 10.0. The van der Waals surface area contributed by atoms with E-state index in [1.165, 1.54) is 12.1 Å². The molecule has 0 aromatic heterocycles. The first-order chi connectivity index (χ1) is 10.8. The molecule has 23 heavy (non-hydrogen) atoms. The summed E-state index contributed by atoms with van der Waals surface area (Å²) >= 11 is 0. The van der Waals surface area contributed by atoms with Gasteiger partial charge in [0.2, 0.25) is 0 Å². The highest BCUT2D eigenvalue weighted by Gasteiger charge is 2.38. The number of benzene rings is 1. The summed E-state index contributed by atoms with van der Waals surface area (Å²) in [7, 11) is 0. The van der Waals surface area contributed by atoms with Gasteiger partial charge in [-0.15, -0.1) is 0 Å². The van der Waals surface area contributed by atoms with E-state index in [4.69, 9.17) is 0 Å². The molecule has 0 spiro atoms. The Morgan fingerprint density at radius 2 is 1.91 bits per heavy atom. The summed E-state index contributed by atoms with van der Waals surface area (Å²) in [5.41, 5.74) is 0.00107. The lowest BCUT2D eigenvalue weighted by Gasteiger charge is -2.23. The van der Waals surface area contributed by atoms with Crippen LogP contribution in [-0.4, -0.2) is 58.2 Å². The summed E-state index contributed by atoms with van der Waals surface area (Å²) in [5.74, 6) is 0. The molecule has 1 aromatic rings. The fourth-order valence-corrected chi connectivity index (χ4v) is 2.98. The third-order valence-corrected chi connectivity index (χ3v) is 4.28. The van der Waals surface area contributed by atoms with Gasteiger partial charge in [0.15, 0.2) is 0 Å². The van der Waals surface area contributed by atoms with Crippen LogP contribution in [0, 0.1) is 0 Å². The van der Waals surface area contributed by atoms with E-state index in [1.807, 2.05) is 4.90 Å². The van der Waals surface area contributed by atoms with Crippen LogP contribution in [0.1, 0.15) is 24.0 Å². The van der Waals surface area contributed by atoms with Gasteiger partial charge in [-0.3, -0.25) is 4.90 Å². The summed E-state index contributed by atoms with van der Waals surface area (Å²) in [6.07, 6.45) is -4.20. The van der Waals surface area contributed by atoms with Gasteiger partial charge >= 0.3 is 6.18 Å². The van der Waals surface area contributed by atoms with Crippen LogP contribution in [0.15, 0.2) is 24.3 Å². The highest BCUT2D eigenvalue weighted by Crippen LogP contribution is 2.29. The lowest BCUT2D eigenvalue weighted by Crippen LogP contribution is -2.39. The molecule has 0 bridgehead atoms. The van der Waals surface area contributed by atoms with E-state index in [-0.39, 0.29) is 6.61 Å². The molecular formula is C16H22F3NO3. The van der Waals surface area contributed by atoms with Crippen molar-refractivity contribution in [1.82, 2.24) is 4.90 Å². The van der Waals surface area contributed by atoms with Crippen LogP contribution < -0.4 is 0 Å². The number of aliphatic hydroxyl groups excluding tert-OH is 3. The molecule has 3 atom stereocenters. The fourth-order valence-electron chi connectivity index (χ4n) is 2.98. The molecule has 130 valence electrons. The Labute approximate surface area is 133 Å². The molecule has 3 N–H and O–H groups in total. The molecular weight excluding hydrogens is 311 g/mol. The van der Waals surface area contributed by atoms with Gasteiger partial charge in [0.1, 0.15) is 0 Å². The van der Waals surface area contributed by atoms with Crippen molar-refractivity contribution in [2.45, 2.75) is 43.7 Å². The summed E-state index contributed by atoms with van der Waals surface area (Å²) < 4.78 is 37.9. The normalized spacial score (nSPS) is 25.9. The number of unbranched alkanes of at least 4 members (excludes halogenated alkanes) is 1.